The van der Waals surface area contributed by atoms with Crippen molar-refractivity contribution in [1.82, 2.24) is 25.0 Å². The predicted octanol–water partition coefficient (Wildman–Crippen LogP) is 3.64. The van der Waals surface area contributed by atoms with Crippen LogP contribution in [0.25, 0.3) is 43.8 Å². The van der Waals surface area contributed by atoms with E-state index < -0.39 is 10.8 Å². The molecule has 1 aromatic carbocycles. The van der Waals surface area contributed by atoms with Crippen molar-refractivity contribution in [2.75, 3.05) is 25.2 Å². The zero-order valence-electron chi connectivity index (χ0n) is 17.5. The van der Waals surface area contributed by atoms with Crippen molar-refractivity contribution in [3.8, 4) is 22.4 Å². The Morgan fingerprint density at radius 1 is 1.19 bits per heavy atom. The molecule has 5 aromatic rings. The van der Waals surface area contributed by atoms with Gasteiger partial charge in [0.2, 0.25) is 5.65 Å². The van der Waals surface area contributed by atoms with Crippen LogP contribution in [0, 0.1) is 0 Å². The van der Waals surface area contributed by atoms with E-state index in [-0.39, 0.29) is 0 Å². The van der Waals surface area contributed by atoms with E-state index in [1.165, 1.54) is 11.3 Å². The molecule has 2 N–H and O–H groups in total. The fourth-order valence-corrected chi connectivity index (χ4v) is 6.14. The fraction of sp³-hybridized carbons (Fsp3) is 0.182. The molecule has 1 unspecified atom stereocenters. The molecule has 1 atom stereocenters. The second-order valence-electron chi connectivity index (χ2n) is 7.23. The number of fused-ring (bicyclic) bond motifs is 2. The Morgan fingerprint density at radius 3 is 2.78 bits per heavy atom. The molecular formula is C22H20N6O2S2. The predicted molar refractivity (Wildman–Crippen MR) is 128 cm³/mol. The normalized spacial score (nSPS) is 12.6. The van der Waals surface area contributed by atoms with Crippen LogP contribution in [0.5, 0.6) is 0 Å². The number of nitrogens with two attached hydrogens (primary N) is 1. The van der Waals surface area contributed by atoms with Crippen molar-refractivity contribution < 1.29 is 8.95 Å². The van der Waals surface area contributed by atoms with E-state index >= 15 is 0 Å². The van der Waals surface area contributed by atoms with Crippen LogP contribution in [0.1, 0.15) is 0 Å². The summed E-state index contributed by atoms with van der Waals surface area (Å²) >= 11 is 1.37. The molecule has 0 saturated carbocycles. The van der Waals surface area contributed by atoms with Gasteiger partial charge in [-0.25, -0.2) is 14.6 Å². The number of nitrogens with zero attached hydrogens (tertiary/aromatic N) is 5. The van der Waals surface area contributed by atoms with Crippen LogP contribution in [0.15, 0.2) is 52.9 Å². The lowest BCUT2D eigenvalue weighted by atomic mass is 10.0. The molecule has 0 amide bonds. The van der Waals surface area contributed by atoms with Gasteiger partial charge >= 0.3 is 0 Å². The van der Waals surface area contributed by atoms with Crippen molar-refractivity contribution in [3.63, 3.8) is 0 Å². The lowest BCUT2D eigenvalue weighted by Gasteiger charge is -2.09. The van der Waals surface area contributed by atoms with E-state index in [0.29, 0.717) is 27.9 Å². The molecule has 5 rings (SSSR count). The summed E-state index contributed by atoms with van der Waals surface area (Å²) in [6.45, 7) is 0.398. The Bertz CT molecular complexity index is 1460. The lowest BCUT2D eigenvalue weighted by molar-refractivity contribution is 0.218. The van der Waals surface area contributed by atoms with Gasteiger partial charge in [0, 0.05) is 31.3 Å². The minimum atomic E-state index is -1.26. The van der Waals surface area contributed by atoms with Crippen molar-refractivity contribution in [2.24, 2.45) is 7.05 Å². The first-order valence-corrected chi connectivity index (χ1v) is 12.0. The van der Waals surface area contributed by atoms with Gasteiger partial charge in [-0.2, -0.15) is 0 Å². The van der Waals surface area contributed by atoms with Crippen LogP contribution in [0.2, 0.25) is 0 Å². The minimum Gasteiger partial charge on any atom is -0.396 e. The third-order valence-electron chi connectivity index (χ3n) is 5.19. The summed E-state index contributed by atoms with van der Waals surface area (Å²) in [5.74, 6) is 0.384. The minimum absolute atomic E-state index is 0.384. The Morgan fingerprint density at radius 2 is 2.00 bits per heavy atom. The Hall–Kier alpha value is -3.21. The van der Waals surface area contributed by atoms with Crippen LogP contribution in [0.3, 0.4) is 0 Å². The molecule has 0 saturated heterocycles. The second kappa shape index (κ2) is 8.38. The maximum atomic E-state index is 12.9. The summed E-state index contributed by atoms with van der Waals surface area (Å²) in [4.78, 5) is 10.0. The first-order valence-electron chi connectivity index (χ1n) is 9.88. The summed E-state index contributed by atoms with van der Waals surface area (Å²) in [7, 11) is 2.16. The third kappa shape index (κ3) is 3.56. The smallest absolute Gasteiger partial charge is 0.201 e. The van der Waals surface area contributed by atoms with Crippen LogP contribution in [-0.4, -0.2) is 48.6 Å². The largest absolute Gasteiger partial charge is 0.396 e. The molecule has 0 radical (unpaired) electrons. The Balaban J connectivity index is 1.74. The molecule has 8 nitrogen and oxygen atoms in total. The first-order chi connectivity index (χ1) is 15.6. The maximum absolute atomic E-state index is 12.9. The standard InChI is InChI=1S/C22H20N6O2S2/c1-28-17-10-14(12-24-20(17)26-27-28)16-11-15(13-6-4-3-5-7-13)18-19(23)22(31-21(18)25-16)32(29)9-8-30-2/h3-7,10-12H,8-9,23H2,1-2H3. The van der Waals surface area contributed by atoms with Crippen LogP contribution in [0.4, 0.5) is 5.69 Å². The van der Waals surface area contributed by atoms with Crippen LogP contribution >= 0.6 is 11.3 Å². The van der Waals surface area contributed by atoms with E-state index in [1.54, 1.807) is 18.0 Å². The number of methoxy groups -OCH3 is 1. The number of nitrogen functional groups attached to an aromatic ring is 1. The van der Waals surface area contributed by atoms with Crippen molar-refractivity contribution in [2.45, 2.75) is 4.21 Å². The highest BCUT2D eigenvalue weighted by atomic mass is 32.2. The average molecular weight is 465 g/mol. The van der Waals surface area contributed by atoms with Gasteiger partial charge in [0.25, 0.3) is 0 Å². The molecule has 162 valence electrons. The number of rotatable bonds is 6. The molecule has 10 heteroatoms. The number of benzene rings is 1. The second-order valence-corrected chi connectivity index (χ2v) is 9.99. The number of hydrogen-bond donors (Lipinski definition) is 1. The van der Waals surface area contributed by atoms with Crippen LogP contribution < -0.4 is 5.73 Å². The van der Waals surface area contributed by atoms with E-state index in [1.807, 2.05) is 49.5 Å². The summed E-state index contributed by atoms with van der Waals surface area (Å²) in [5, 5.41) is 8.90. The number of aryl methyl sites for hydroxylation is 1. The third-order valence-corrected chi connectivity index (χ3v) is 8.07. The van der Waals surface area contributed by atoms with Gasteiger partial charge in [-0.15, -0.1) is 16.4 Å². The number of thiophene rings is 1. The molecule has 4 aromatic heterocycles. The van der Waals surface area contributed by atoms with E-state index in [2.05, 4.69) is 15.3 Å². The summed E-state index contributed by atoms with van der Waals surface area (Å²) in [6, 6.07) is 14.0. The zero-order chi connectivity index (χ0) is 22.2. The molecule has 0 fully saturated rings. The molecule has 0 aliphatic carbocycles. The van der Waals surface area contributed by atoms with Gasteiger partial charge in [0.1, 0.15) is 14.6 Å². The van der Waals surface area contributed by atoms with Gasteiger partial charge in [0.15, 0.2) is 0 Å². The zero-order valence-corrected chi connectivity index (χ0v) is 19.1. The van der Waals surface area contributed by atoms with Gasteiger partial charge in [0.05, 0.1) is 34.5 Å². The number of pyridine rings is 2. The molecule has 0 bridgehead atoms. The highest BCUT2D eigenvalue weighted by Crippen LogP contribution is 2.42. The maximum Gasteiger partial charge on any atom is 0.201 e. The van der Waals surface area contributed by atoms with Crippen molar-refractivity contribution in [3.05, 3.63) is 48.7 Å². The first kappa shape index (κ1) is 20.7. The SMILES string of the molecule is COCCS(=O)c1sc2nc(-c3cnc4nnn(C)c4c3)cc(-c3ccccc3)c2c1N. The van der Waals surface area contributed by atoms with Gasteiger partial charge in [-0.05, 0) is 23.3 Å². The van der Waals surface area contributed by atoms with Gasteiger partial charge in [-0.3, -0.25) is 4.21 Å². The van der Waals surface area contributed by atoms with Crippen molar-refractivity contribution >= 4 is 49.2 Å². The van der Waals surface area contributed by atoms with Crippen molar-refractivity contribution in [1.29, 1.82) is 0 Å². The molecule has 0 aliphatic rings. The Labute approximate surface area is 190 Å². The summed E-state index contributed by atoms with van der Waals surface area (Å²) < 4.78 is 20.3. The molecule has 4 heterocycles. The number of anilines is 1. The van der Waals surface area contributed by atoms with Crippen LogP contribution in [-0.2, 0) is 22.6 Å². The van der Waals surface area contributed by atoms with Gasteiger partial charge in [-0.1, -0.05) is 35.5 Å². The molecular weight excluding hydrogens is 444 g/mol. The highest BCUT2D eigenvalue weighted by Gasteiger charge is 2.21. The topological polar surface area (TPSA) is 109 Å². The van der Waals surface area contributed by atoms with E-state index in [4.69, 9.17) is 15.5 Å². The molecule has 0 spiro atoms. The van der Waals surface area contributed by atoms with E-state index in [9.17, 15) is 4.21 Å². The monoisotopic (exact) mass is 464 g/mol. The number of aromatic nitrogens is 5. The number of ether oxygens (including phenoxy) is 1. The number of hydrogen-bond acceptors (Lipinski definition) is 8. The van der Waals surface area contributed by atoms with Gasteiger partial charge < -0.3 is 10.5 Å². The molecule has 32 heavy (non-hydrogen) atoms. The quantitative estimate of drug-likeness (QED) is 0.409. The summed E-state index contributed by atoms with van der Waals surface area (Å²) in [5.41, 5.74) is 12.0. The van der Waals surface area contributed by atoms with E-state index in [0.717, 1.165) is 38.1 Å². The highest BCUT2D eigenvalue weighted by molar-refractivity contribution is 7.87. The Kier molecular flexibility index (Phi) is 5.41. The summed E-state index contributed by atoms with van der Waals surface area (Å²) in [6.07, 6.45) is 1.74. The lowest BCUT2D eigenvalue weighted by Crippen LogP contribution is -2.04. The molecule has 0 aliphatic heterocycles. The average Bonchev–Trinajstić information content (AvgIpc) is 3.37. The fourth-order valence-electron chi connectivity index (χ4n) is 3.57.